The second-order valence-electron chi connectivity index (χ2n) is 2.99. The number of halogens is 1. The van der Waals surface area contributed by atoms with Gasteiger partial charge in [-0.15, -0.1) is 6.58 Å². The van der Waals surface area contributed by atoms with Gasteiger partial charge in [-0.1, -0.05) is 12.1 Å². The zero-order valence-corrected chi connectivity index (χ0v) is 8.16. The zero-order chi connectivity index (χ0) is 10.6. The van der Waals surface area contributed by atoms with Gasteiger partial charge in [0.25, 0.3) is 0 Å². The van der Waals surface area contributed by atoms with Crippen molar-refractivity contribution >= 4 is 0 Å². The number of ether oxygens (including phenoxy) is 1. The SMILES string of the molecule is C=CC[C@H](N)c1c(F)cccc1OC. The summed E-state index contributed by atoms with van der Waals surface area (Å²) in [6.45, 7) is 3.57. The summed E-state index contributed by atoms with van der Waals surface area (Å²) in [5.74, 6) is 0.151. The van der Waals surface area contributed by atoms with E-state index in [1.54, 1.807) is 18.2 Å². The van der Waals surface area contributed by atoms with Gasteiger partial charge in [0.2, 0.25) is 0 Å². The van der Waals surface area contributed by atoms with Crippen LogP contribution < -0.4 is 10.5 Å². The largest absolute Gasteiger partial charge is 0.496 e. The molecule has 2 nitrogen and oxygen atoms in total. The molecule has 0 heterocycles. The predicted molar refractivity (Wildman–Crippen MR) is 54.7 cm³/mol. The third kappa shape index (κ3) is 2.12. The number of nitrogens with two attached hydrogens (primary N) is 1. The molecule has 0 saturated heterocycles. The Labute approximate surface area is 83.2 Å². The van der Waals surface area contributed by atoms with Crippen LogP contribution in [0.4, 0.5) is 4.39 Å². The van der Waals surface area contributed by atoms with E-state index < -0.39 is 6.04 Å². The molecule has 0 radical (unpaired) electrons. The summed E-state index contributed by atoms with van der Waals surface area (Å²) in [5.41, 5.74) is 6.20. The second-order valence-corrected chi connectivity index (χ2v) is 2.99. The Bertz CT molecular complexity index is 325. The standard InChI is InChI=1S/C11H14FNO/c1-3-5-9(13)11-8(12)6-4-7-10(11)14-2/h3-4,6-7,9H,1,5,13H2,2H3/t9-/m0/s1. The molecule has 2 N–H and O–H groups in total. The van der Waals surface area contributed by atoms with Gasteiger partial charge in [0.05, 0.1) is 7.11 Å². The molecule has 1 aromatic carbocycles. The highest BCUT2D eigenvalue weighted by Crippen LogP contribution is 2.28. The molecule has 0 fully saturated rings. The Morgan fingerprint density at radius 2 is 2.36 bits per heavy atom. The van der Waals surface area contributed by atoms with Gasteiger partial charge in [0, 0.05) is 11.6 Å². The van der Waals surface area contributed by atoms with Gasteiger partial charge < -0.3 is 10.5 Å². The molecule has 0 spiro atoms. The van der Waals surface area contributed by atoms with Crippen molar-refractivity contribution in [3.63, 3.8) is 0 Å². The number of hydrogen-bond donors (Lipinski definition) is 1. The van der Waals surface area contributed by atoms with Gasteiger partial charge in [-0.25, -0.2) is 4.39 Å². The topological polar surface area (TPSA) is 35.2 Å². The molecule has 0 aliphatic heterocycles. The first kappa shape index (κ1) is 10.7. The summed E-state index contributed by atoms with van der Waals surface area (Å²) < 4.78 is 18.5. The van der Waals surface area contributed by atoms with Crippen LogP contribution >= 0.6 is 0 Å². The van der Waals surface area contributed by atoms with Crippen LogP contribution in [0.1, 0.15) is 18.0 Å². The summed E-state index contributed by atoms with van der Waals surface area (Å²) in [4.78, 5) is 0. The molecular formula is C11H14FNO. The highest BCUT2D eigenvalue weighted by Gasteiger charge is 2.15. The van der Waals surface area contributed by atoms with Crippen molar-refractivity contribution in [2.24, 2.45) is 5.73 Å². The summed E-state index contributed by atoms with van der Waals surface area (Å²) in [6.07, 6.45) is 2.19. The number of methoxy groups -OCH3 is 1. The quantitative estimate of drug-likeness (QED) is 0.749. The minimum absolute atomic E-state index is 0.335. The van der Waals surface area contributed by atoms with Crippen LogP contribution in [0.3, 0.4) is 0 Å². The Morgan fingerprint density at radius 1 is 1.64 bits per heavy atom. The van der Waals surface area contributed by atoms with E-state index in [0.29, 0.717) is 17.7 Å². The summed E-state index contributed by atoms with van der Waals surface area (Å²) in [5, 5.41) is 0. The maximum atomic E-state index is 13.4. The van der Waals surface area contributed by atoms with E-state index >= 15 is 0 Å². The van der Waals surface area contributed by atoms with E-state index in [1.165, 1.54) is 13.2 Å². The molecule has 1 rings (SSSR count). The highest BCUT2D eigenvalue weighted by atomic mass is 19.1. The smallest absolute Gasteiger partial charge is 0.131 e. The number of benzene rings is 1. The van der Waals surface area contributed by atoms with Crippen LogP contribution in [-0.4, -0.2) is 7.11 Å². The Hall–Kier alpha value is -1.35. The monoisotopic (exact) mass is 195 g/mol. The third-order valence-corrected chi connectivity index (χ3v) is 2.02. The van der Waals surface area contributed by atoms with Crippen molar-refractivity contribution < 1.29 is 9.13 Å². The van der Waals surface area contributed by atoms with Crippen LogP contribution in [0.25, 0.3) is 0 Å². The molecule has 14 heavy (non-hydrogen) atoms. The summed E-state index contributed by atoms with van der Waals surface area (Å²) in [7, 11) is 1.50. The average Bonchev–Trinajstić information content (AvgIpc) is 2.17. The van der Waals surface area contributed by atoms with Crippen LogP contribution in [0.15, 0.2) is 30.9 Å². The number of hydrogen-bond acceptors (Lipinski definition) is 2. The Morgan fingerprint density at radius 3 is 2.93 bits per heavy atom. The second kappa shape index (κ2) is 4.77. The minimum atomic E-state index is -0.399. The lowest BCUT2D eigenvalue weighted by Crippen LogP contribution is -2.12. The minimum Gasteiger partial charge on any atom is -0.496 e. The van der Waals surface area contributed by atoms with E-state index in [-0.39, 0.29) is 5.82 Å². The molecule has 3 heteroatoms. The lowest BCUT2D eigenvalue weighted by molar-refractivity contribution is 0.399. The van der Waals surface area contributed by atoms with Gasteiger partial charge in [-0.2, -0.15) is 0 Å². The van der Waals surface area contributed by atoms with Crippen molar-refractivity contribution in [3.05, 3.63) is 42.2 Å². The van der Waals surface area contributed by atoms with E-state index in [0.717, 1.165) is 0 Å². The highest BCUT2D eigenvalue weighted by molar-refractivity contribution is 5.37. The summed E-state index contributed by atoms with van der Waals surface area (Å²) in [6, 6.07) is 4.27. The normalized spacial score (nSPS) is 12.2. The fraction of sp³-hybridized carbons (Fsp3) is 0.273. The van der Waals surface area contributed by atoms with Gasteiger partial charge in [-0.3, -0.25) is 0 Å². The number of rotatable bonds is 4. The maximum Gasteiger partial charge on any atom is 0.131 e. The molecular weight excluding hydrogens is 181 g/mol. The third-order valence-electron chi connectivity index (χ3n) is 2.02. The van der Waals surface area contributed by atoms with Gasteiger partial charge in [0.1, 0.15) is 11.6 Å². The van der Waals surface area contributed by atoms with E-state index in [2.05, 4.69) is 6.58 Å². The van der Waals surface area contributed by atoms with Gasteiger partial charge in [0.15, 0.2) is 0 Å². The van der Waals surface area contributed by atoms with Crippen LogP contribution in [-0.2, 0) is 0 Å². The molecule has 1 atom stereocenters. The maximum absolute atomic E-state index is 13.4. The van der Waals surface area contributed by atoms with Crippen molar-refractivity contribution in [1.29, 1.82) is 0 Å². The molecule has 0 saturated carbocycles. The Kier molecular flexibility index (Phi) is 3.65. The lowest BCUT2D eigenvalue weighted by atomic mass is 10.0. The van der Waals surface area contributed by atoms with Gasteiger partial charge in [-0.05, 0) is 18.6 Å². The Balaban J connectivity index is 3.09. The first-order valence-electron chi connectivity index (χ1n) is 4.39. The first-order chi connectivity index (χ1) is 6.70. The molecule has 0 bridgehead atoms. The van der Waals surface area contributed by atoms with Crippen molar-refractivity contribution in [3.8, 4) is 5.75 Å². The van der Waals surface area contributed by atoms with E-state index in [1.807, 2.05) is 0 Å². The molecule has 76 valence electrons. The molecule has 0 unspecified atom stereocenters. The van der Waals surface area contributed by atoms with E-state index in [4.69, 9.17) is 10.5 Å². The van der Waals surface area contributed by atoms with Crippen LogP contribution in [0.5, 0.6) is 5.75 Å². The van der Waals surface area contributed by atoms with Crippen molar-refractivity contribution in [1.82, 2.24) is 0 Å². The average molecular weight is 195 g/mol. The van der Waals surface area contributed by atoms with Crippen LogP contribution in [0.2, 0.25) is 0 Å². The van der Waals surface area contributed by atoms with Crippen molar-refractivity contribution in [2.45, 2.75) is 12.5 Å². The zero-order valence-electron chi connectivity index (χ0n) is 8.16. The van der Waals surface area contributed by atoms with Crippen molar-refractivity contribution in [2.75, 3.05) is 7.11 Å². The lowest BCUT2D eigenvalue weighted by Gasteiger charge is -2.14. The molecule has 0 aliphatic carbocycles. The fourth-order valence-corrected chi connectivity index (χ4v) is 1.35. The van der Waals surface area contributed by atoms with Crippen LogP contribution in [0, 0.1) is 5.82 Å². The predicted octanol–water partition coefficient (Wildman–Crippen LogP) is 2.41. The van der Waals surface area contributed by atoms with Gasteiger partial charge >= 0.3 is 0 Å². The molecule has 1 aromatic rings. The van der Waals surface area contributed by atoms with E-state index in [9.17, 15) is 4.39 Å². The summed E-state index contributed by atoms with van der Waals surface area (Å²) >= 11 is 0. The first-order valence-corrected chi connectivity index (χ1v) is 4.39. The molecule has 0 amide bonds. The molecule has 0 aromatic heterocycles. The fourth-order valence-electron chi connectivity index (χ4n) is 1.35. The molecule has 0 aliphatic rings.